The van der Waals surface area contributed by atoms with Crippen molar-refractivity contribution in [3.05, 3.63) is 58.9 Å². The Hall–Kier alpha value is -1.63. The lowest BCUT2D eigenvalue weighted by Gasteiger charge is -2.08. The van der Waals surface area contributed by atoms with Crippen molar-refractivity contribution in [1.82, 2.24) is 4.98 Å². The number of hydrogen-bond acceptors (Lipinski definition) is 2. The topological polar surface area (TPSA) is 63.3 Å². The van der Waals surface area contributed by atoms with Gasteiger partial charge >= 0.3 is 0 Å². The van der Waals surface area contributed by atoms with Crippen molar-refractivity contribution in [3.8, 4) is 0 Å². The first-order valence-corrected chi connectivity index (χ1v) is 6.59. The average Bonchev–Trinajstić information content (AvgIpc) is 2.35. The largest absolute Gasteiger partial charge is 0.370 e. The summed E-state index contributed by atoms with van der Waals surface area (Å²) < 4.78 is 0. The number of rotatable bonds is 3. The summed E-state index contributed by atoms with van der Waals surface area (Å²) in [6, 6.07) is 8.27. The van der Waals surface area contributed by atoms with Gasteiger partial charge in [-0.1, -0.05) is 12.1 Å². The first kappa shape index (κ1) is 17.4. The number of aromatic nitrogens is 1. The van der Waals surface area contributed by atoms with Crippen LogP contribution in [0.5, 0.6) is 0 Å². The molecule has 0 radical (unpaired) electrons. The molecule has 0 amide bonds. The molecular weight excluding hydrogens is 375 g/mol. The van der Waals surface area contributed by atoms with E-state index < -0.39 is 0 Å². The number of nitrogens with one attached hydrogen (secondary N) is 1. The molecule has 0 atom stereocenters. The van der Waals surface area contributed by atoms with E-state index >= 15 is 0 Å². The Morgan fingerprint density at radius 2 is 1.71 bits per heavy atom. The van der Waals surface area contributed by atoms with Crippen LogP contribution in [0, 0.1) is 20.8 Å². The van der Waals surface area contributed by atoms with Gasteiger partial charge in [0.1, 0.15) is 0 Å². The summed E-state index contributed by atoms with van der Waals surface area (Å²) in [5, 5.41) is 3.12. The van der Waals surface area contributed by atoms with Crippen LogP contribution in [0.3, 0.4) is 0 Å². The third kappa shape index (κ3) is 5.71. The van der Waals surface area contributed by atoms with E-state index in [1.807, 2.05) is 25.3 Å². The van der Waals surface area contributed by atoms with Crippen LogP contribution in [0.4, 0.5) is 5.69 Å². The summed E-state index contributed by atoms with van der Waals surface area (Å²) in [5.41, 5.74) is 11.4. The van der Waals surface area contributed by atoms with E-state index in [2.05, 4.69) is 41.3 Å². The SMILES string of the molecule is Cc1cncc(CN=C(N)Nc2cc(C)cc(C)c2)c1.I. The van der Waals surface area contributed by atoms with Gasteiger partial charge < -0.3 is 11.1 Å². The van der Waals surface area contributed by atoms with Crippen molar-refractivity contribution in [2.75, 3.05) is 5.32 Å². The minimum Gasteiger partial charge on any atom is -0.370 e. The van der Waals surface area contributed by atoms with Crippen molar-refractivity contribution >= 4 is 35.6 Å². The molecule has 0 bridgehead atoms. The second kappa shape index (κ2) is 7.97. The van der Waals surface area contributed by atoms with Crippen molar-refractivity contribution < 1.29 is 0 Å². The molecule has 112 valence electrons. The van der Waals surface area contributed by atoms with Gasteiger partial charge in [0, 0.05) is 18.1 Å². The van der Waals surface area contributed by atoms with Crippen LogP contribution in [0.2, 0.25) is 0 Å². The molecule has 2 rings (SSSR count). The predicted octanol–water partition coefficient (Wildman–Crippen LogP) is 3.55. The fourth-order valence-electron chi connectivity index (χ4n) is 2.11. The average molecular weight is 396 g/mol. The lowest BCUT2D eigenvalue weighted by molar-refractivity contribution is 1.03. The Kier molecular flexibility index (Phi) is 6.61. The van der Waals surface area contributed by atoms with E-state index in [4.69, 9.17) is 5.73 Å². The van der Waals surface area contributed by atoms with Crippen LogP contribution >= 0.6 is 24.0 Å². The van der Waals surface area contributed by atoms with Crippen molar-refractivity contribution in [3.63, 3.8) is 0 Å². The molecule has 2 aromatic rings. The summed E-state index contributed by atoms with van der Waals surface area (Å²) >= 11 is 0. The van der Waals surface area contributed by atoms with E-state index in [1.165, 1.54) is 11.1 Å². The highest BCUT2D eigenvalue weighted by Gasteiger charge is 1.98. The van der Waals surface area contributed by atoms with Gasteiger partial charge in [-0.15, -0.1) is 24.0 Å². The van der Waals surface area contributed by atoms with E-state index in [1.54, 1.807) is 6.20 Å². The first-order valence-electron chi connectivity index (χ1n) is 6.59. The highest BCUT2D eigenvalue weighted by Crippen LogP contribution is 2.13. The number of halogens is 1. The molecular formula is C16H21IN4. The van der Waals surface area contributed by atoms with Gasteiger partial charge in [0.25, 0.3) is 0 Å². The number of benzene rings is 1. The number of nitrogens with zero attached hydrogens (tertiary/aromatic N) is 2. The fraction of sp³-hybridized carbons (Fsp3) is 0.250. The number of nitrogens with two attached hydrogens (primary N) is 1. The number of hydrogen-bond donors (Lipinski definition) is 2. The van der Waals surface area contributed by atoms with E-state index in [0.717, 1.165) is 16.8 Å². The van der Waals surface area contributed by atoms with Crippen LogP contribution in [0.15, 0.2) is 41.7 Å². The minimum absolute atomic E-state index is 0. The predicted molar refractivity (Wildman–Crippen MR) is 99.3 cm³/mol. The number of guanidine groups is 1. The monoisotopic (exact) mass is 396 g/mol. The number of aryl methyl sites for hydroxylation is 3. The molecule has 0 aliphatic rings. The molecule has 1 aromatic heterocycles. The van der Waals surface area contributed by atoms with Crippen LogP contribution in [0.1, 0.15) is 22.3 Å². The molecule has 0 spiro atoms. The zero-order valence-corrected chi connectivity index (χ0v) is 14.9. The molecule has 0 aliphatic carbocycles. The van der Waals surface area contributed by atoms with Gasteiger partial charge in [-0.3, -0.25) is 4.98 Å². The summed E-state index contributed by atoms with van der Waals surface area (Å²) in [6.07, 6.45) is 3.63. The summed E-state index contributed by atoms with van der Waals surface area (Å²) in [5.74, 6) is 0.413. The van der Waals surface area contributed by atoms with Crippen LogP contribution in [-0.2, 0) is 6.54 Å². The van der Waals surface area contributed by atoms with E-state index in [-0.39, 0.29) is 24.0 Å². The molecule has 21 heavy (non-hydrogen) atoms. The second-order valence-electron chi connectivity index (χ2n) is 5.07. The van der Waals surface area contributed by atoms with Crippen molar-refractivity contribution in [1.29, 1.82) is 0 Å². The lowest BCUT2D eigenvalue weighted by Crippen LogP contribution is -2.22. The zero-order valence-electron chi connectivity index (χ0n) is 12.6. The van der Waals surface area contributed by atoms with Gasteiger partial charge in [0.2, 0.25) is 0 Å². The van der Waals surface area contributed by atoms with Gasteiger partial charge in [0.15, 0.2) is 5.96 Å². The third-order valence-corrected chi connectivity index (χ3v) is 2.86. The molecule has 1 heterocycles. The third-order valence-electron chi connectivity index (χ3n) is 2.86. The molecule has 5 heteroatoms. The Labute approximate surface area is 142 Å². The number of pyridine rings is 1. The van der Waals surface area contributed by atoms with Crippen LogP contribution < -0.4 is 11.1 Å². The van der Waals surface area contributed by atoms with Gasteiger partial charge in [0.05, 0.1) is 6.54 Å². The molecule has 0 saturated heterocycles. The smallest absolute Gasteiger partial charge is 0.193 e. The molecule has 0 fully saturated rings. The van der Waals surface area contributed by atoms with Crippen LogP contribution in [0.25, 0.3) is 0 Å². The minimum atomic E-state index is 0. The van der Waals surface area contributed by atoms with Gasteiger partial charge in [-0.2, -0.15) is 0 Å². The molecule has 1 aromatic carbocycles. The maximum Gasteiger partial charge on any atom is 0.193 e. The first-order chi connectivity index (χ1) is 9.52. The fourth-order valence-corrected chi connectivity index (χ4v) is 2.11. The molecule has 0 saturated carbocycles. The summed E-state index contributed by atoms with van der Waals surface area (Å²) in [7, 11) is 0. The quantitative estimate of drug-likeness (QED) is 0.474. The zero-order chi connectivity index (χ0) is 14.5. The Morgan fingerprint density at radius 1 is 1.05 bits per heavy atom. The number of aliphatic imine (C=N–C) groups is 1. The standard InChI is InChI=1S/C16H20N4.HI/c1-11-4-12(2)7-15(6-11)20-16(17)19-10-14-5-13(3)8-18-9-14;/h4-9H,10H2,1-3H3,(H3,17,19,20);1H. The summed E-state index contributed by atoms with van der Waals surface area (Å²) in [6.45, 7) is 6.66. The lowest BCUT2D eigenvalue weighted by atomic mass is 10.1. The highest BCUT2D eigenvalue weighted by molar-refractivity contribution is 14.0. The second-order valence-corrected chi connectivity index (χ2v) is 5.07. The van der Waals surface area contributed by atoms with E-state index in [9.17, 15) is 0 Å². The van der Waals surface area contributed by atoms with E-state index in [0.29, 0.717) is 12.5 Å². The normalized spacial score (nSPS) is 10.9. The van der Waals surface area contributed by atoms with Crippen molar-refractivity contribution in [2.24, 2.45) is 10.7 Å². The maximum atomic E-state index is 5.91. The Balaban J connectivity index is 0.00000220. The Morgan fingerprint density at radius 3 is 2.33 bits per heavy atom. The van der Waals surface area contributed by atoms with Gasteiger partial charge in [-0.25, -0.2) is 4.99 Å². The van der Waals surface area contributed by atoms with Crippen LogP contribution in [-0.4, -0.2) is 10.9 Å². The highest BCUT2D eigenvalue weighted by atomic mass is 127. The van der Waals surface area contributed by atoms with Crippen molar-refractivity contribution in [2.45, 2.75) is 27.3 Å². The molecule has 0 unspecified atom stereocenters. The molecule has 3 N–H and O–H groups in total. The summed E-state index contributed by atoms with van der Waals surface area (Å²) in [4.78, 5) is 8.47. The molecule has 4 nitrogen and oxygen atoms in total. The maximum absolute atomic E-state index is 5.91. The van der Waals surface area contributed by atoms with Gasteiger partial charge in [-0.05, 0) is 55.2 Å². The Bertz CT molecular complexity index is 618. The molecule has 0 aliphatic heterocycles. The number of anilines is 1.